The van der Waals surface area contributed by atoms with Gasteiger partial charge in [-0.1, -0.05) is 0 Å². The summed E-state index contributed by atoms with van der Waals surface area (Å²) in [7, 11) is 3.06. The Labute approximate surface area is 149 Å². The van der Waals surface area contributed by atoms with Crippen LogP contribution in [0.15, 0.2) is 0 Å². The van der Waals surface area contributed by atoms with Gasteiger partial charge < -0.3 is 28.8 Å². The second-order valence-corrected chi connectivity index (χ2v) is 6.55. The first-order chi connectivity index (χ1) is 12.2. The van der Waals surface area contributed by atoms with E-state index in [0.717, 1.165) is 49.7 Å². The number of phenolic OH excluding ortho intramolecular Hbond substituents is 1. The van der Waals surface area contributed by atoms with Crippen molar-refractivity contribution in [1.29, 1.82) is 0 Å². The lowest BCUT2D eigenvalue weighted by Gasteiger charge is -2.30. The fourth-order valence-corrected chi connectivity index (χ4v) is 3.62. The number of aromatic hydroxyl groups is 1. The average molecular weight is 352 g/mol. The maximum absolute atomic E-state index is 10.8. The van der Waals surface area contributed by atoms with Gasteiger partial charge in [0.05, 0.1) is 26.9 Å². The molecule has 0 amide bonds. The molecule has 2 heterocycles. The van der Waals surface area contributed by atoms with Gasteiger partial charge in [0.2, 0.25) is 11.5 Å². The van der Waals surface area contributed by atoms with E-state index in [1.165, 1.54) is 7.11 Å². The first kappa shape index (κ1) is 18.1. The zero-order valence-corrected chi connectivity index (χ0v) is 15.3. The van der Waals surface area contributed by atoms with E-state index in [0.29, 0.717) is 24.7 Å². The van der Waals surface area contributed by atoms with E-state index in [1.54, 1.807) is 7.11 Å². The maximum Gasteiger partial charge on any atom is 0.207 e. The number of benzene rings is 1. The van der Waals surface area contributed by atoms with Gasteiger partial charge in [0.15, 0.2) is 17.8 Å². The number of hydrogen-bond acceptors (Lipinski definition) is 6. The number of phenols is 1. The minimum atomic E-state index is -0.310. The van der Waals surface area contributed by atoms with Gasteiger partial charge in [0.1, 0.15) is 0 Å². The molecular formula is C19H28O6. The molecule has 6 heteroatoms. The number of hydrogen-bond donors (Lipinski definition) is 1. The summed E-state index contributed by atoms with van der Waals surface area (Å²) in [5.41, 5.74) is 1.54. The van der Waals surface area contributed by atoms with Crippen LogP contribution in [0, 0.1) is 6.92 Å². The molecule has 6 nitrogen and oxygen atoms in total. The van der Waals surface area contributed by atoms with Crippen molar-refractivity contribution >= 4 is 0 Å². The van der Waals surface area contributed by atoms with Crippen LogP contribution in [0.2, 0.25) is 0 Å². The van der Waals surface area contributed by atoms with Crippen LogP contribution in [-0.4, -0.2) is 38.8 Å². The molecule has 1 aromatic rings. The summed E-state index contributed by atoms with van der Waals surface area (Å²) in [6, 6.07) is 0. The van der Waals surface area contributed by atoms with Crippen LogP contribution in [-0.2, 0) is 9.47 Å². The van der Waals surface area contributed by atoms with E-state index in [-0.39, 0.29) is 23.9 Å². The number of methoxy groups -OCH3 is 2. The fraction of sp³-hybridized carbons (Fsp3) is 0.684. The van der Waals surface area contributed by atoms with Gasteiger partial charge in [-0.2, -0.15) is 0 Å². The Bertz CT molecular complexity index is 588. The third-order valence-electron chi connectivity index (χ3n) is 4.92. The van der Waals surface area contributed by atoms with E-state index in [4.69, 9.17) is 23.7 Å². The Hall–Kier alpha value is -1.66. The van der Waals surface area contributed by atoms with E-state index >= 15 is 0 Å². The van der Waals surface area contributed by atoms with Crippen LogP contribution in [0.3, 0.4) is 0 Å². The summed E-state index contributed by atoms with van der Waals surface area (Å²) in [5, 5.41) is 10.8. The highest BCUT2D eigenvalue weighted by Gasteiger charge is 2.31. The molecule has 0 radical (unpaired) electrons. The summed E-state index contributed by atoms with van der Waals surface area (Å²) >= 11 is 0. The first-order valence-corrected chi connectivity index (χ1v) is 9.04. The normalized spacial score (nSPS) is 24.0. The molecule has 0 aromatic heterocycles. The van der Waals surface area contributed by atoms with E-state index in [2.05, 4.69) is 0 Å². The third kappa shape index (κ3) is 3.65. The van der Waals surface area contributed by atoms with E-state index in [9.17, 15) is 5.11 Å². The molecule has 25 heavy (non-hydrogen) atoms. The molecule has 2 unspecified atom stereocenters. The molecular weight excluding hydrogens is 324 g/mol. The van der Waals surface area contributed by atoms with Gasteiger partial charge in [0.25, 0.3) is 0 Å². The lowest BCUT2D eigenvalue weighted by Crippen LogP contribution is -2.26. The fourth-order valence-electron chi connectivity index (χ4n) is 3.62. The SMILES string of the molecule is COc1c(O)c(C2CCCCO2)c(C)c(OC2CCCCO2)c1OC. The second-order valence-electron chi connectivity index (χ2n) is 6.55. The monoisotopic (exact) mass is 352 g/mol. The molecule has 0 aliphatic carbocycles. The zero-order valence-electron chi connectivity index (χ0n) is 15.3. The Morgan fingerprint density at radius 1 is 0.880 bits per heavy atom. The van der Waals surface area contributed by atoms with Gasteiger partial charge in [-0.3, -0.25) is 0 Å². The molecule has 3 rings (SSSR count). The molecule has 2 aliphatic heterocycles. The van der Waals surface area contributed by atoms with Crippen LogP contribution < -0.4 is 14.2 Å². The number of ether oxygens (including phenoxy) is 5. The Morgan fingerprint density at radius 2 is 1.56 bits per heavy atom. The molecule has 2 fully saturated rings. The standard InChI is InChI=1S/C19H28O6/c1-12-15(13-8-4-6-10-23-13)16(20)18(21-2)19(22-3)17(12)25-14-9-5-7-11-24-14/h13-14,20H,4-11H2,1-3H3. The highest BCUT2D eigenvalue weighted by atomic mass is 16.7. The van der Waals surface area contributed by atoms with Crippen molar-refractivity contribution < 1.29 is 28.8 Å². The van der Waals surface area contributed by atoms with Crippen molar-refractivity contribution in [3.8, 4) is 23.0 Å². The average Bonchev–Trinajstić information content (AvgIpc) is 2.65. The maximum atomic E-state index is 10.8. The molecule has 0 saturated carbocycles. The Morgan fingerprint density at radius 3 is 2.12 bits per heavy atom. The highest BCUT2D eigenvalue weighted by molar-refractivity contribution is 5.67. The Balaban J connectivity index is 2.03. The molecule has 1 aromatic carbocycles. The van der Waals surface area contributed by atoms with E-state index < -0.39 is 0 Å². The summed E-state index contributed by atoms with van der Waals surface area (Å²) in [6.07, 6.45) is 5.46. The van der Waals surface area contributed by atoms with Crippen LogP contribution >= 0.6 is 0 Å². The summed E-state index contributed by atoms with van der Waals surface area (Å²) in [5.74, 6) is 1.31. The van der Waals surface area contributed by atoms with Crippen LogP contribution in [0.25, 0.3) is 0 Å². The number of rotatable bonds is 5. The summed E-state index contributed by atoms with van der Waals surface area (Å²) in [6.45, 7) is 3.31. The summed E-state index contributed by atoms with van der Waals surface area (Å²) < 4.78 is 28.7. The topological polar surface area (TPSA) is 66.4 Å². The lowest BCUT2D eigenvalue weighted by molar-refractivity contribution is -0.107. The summed E-state index contributed by atoms with van der Waals surface area (Å²) in [4.78, 5) is 0. The molecule has 2 saturated heterocycles. The molecule has 2 atom stereocenters. The van der Waals surface area contributed by atoms with Gasteiger partial charge in [-0.15, -0.1) is 0 Å². The van der Waals surface area contributed by atoms with Crippen molar-refractivity contribution in [2.24, 2.45) is 0 Å². The van der Waals surface area contributed by atoms with Crippen molar-refractivity contribution in [3.63, 3.8) is 0 Å². The smallest absolute Gasteiger partial charge is 0.207 e. The quantitative estimate of drug-likeness (QED) is 0.868. The lowest BCUT2D eigenvalue weighted by atomic mass is 9.94. The van der Waals surface area contributed by atoms with Crippen molar-refractivity contribution in [3.05, 3.63) is 11.1 Å². The predicted molar refractivity (Wildman–Crippen MR) is 92.7 cm³/mol. The molecule has 0 bridgehead atoms. The van der Waals surface area contributed by atoms with Gasteiger partial charge in [-0.25, -0.2) is 0 Å². The minimum absolute atomic E-state index is 0.0701. The third-order valence-corrected chi connectivity index (χ3v) is 4.92. The first-order valence-electron chi connectivity index (χ1n) is 9.04. The van der Waals surface area contributed by atoms with Gasteiger partial charge in [-0.05, 0) is 39.0 Å². The largest absolute Gasteiger partial charge is 0.504 e. The highest BCUT2D eigenvalue weighted by Crippen LogP contribution is 2.52. The van der Waals surface area contributed by atoms with Crippen molar-refractivity contribution in [2.75, 3.05) is 27.4 Å². The Kier molecular flexibility index (Phi) is 5.91. The van der Waals surface area contributed by atoms with Crippen molar-refractivity contribution in [1.82, 2.24) is 0 Å². The van der Waals surface area contributed by atoms with Crippen LogP contribution in [0.5, 0.6) is 23.0 Å². The molecule has 2 aliphatic rings. The predicted octanol–water partition coefficient (Wildman–Crippen LogP) is 3.86. The van der Waals surface area contributed by atoms with Gasteiger partial charge in [0, 0.05) is 24.2 Å². The second kappa shape index (κ2) is 8.15. The van der Waals surface area contributed by atoms with Crippen LogP contribution in [0.4, 0.5) is 0 Å². The molecule has 0 spiro atoms. The zero-order chi connectivity index (χ0) is 17.8. The van der Waals surface area contributed by atoms with Gasteiger partial charge >= 0.3 is 0 Å². The van der Waals surface area contributed by atoms with Crippen molar-refractivity contribution in [2.45, 2.75) is 57.8 Å². The molecule has 140 valence electrons. The van der Waals surface area contributed by atoms with E-state index in [1.807, 2.05) is 6.92 Å². The minimum Gasteiger partial charge on any atom is -0.504 e. The molecule has 1 N–H and O–H groups in total. The van der Waals surface area contributed by atoms with Crippen LogP contribution in [0.1, 0.15) is 55.8 Å².